The van der Waals surface area contributed by atoms with Crippen molar-refractivity contribution in [3.05, 3.63) is 23.0 Å². The van der Waals surface area contributed by atoms with Crippen LogP contribution in [0.1, 0.15) is 36.1 Å². The van der Waals surface area contributed by atoms with Crippen LogP contribution in [0.25, 0.3) is 0 Å². The Morgan fingerprint density at radius 2 is 2.07 bits per heavy atom. The molecule has 84 valence electrons. The molecular formula is C13H22N2. The van der Waals surface area contributed by atoms with Crippen molar-refractivity contribution in [1.29, 1.82) is 0 Å². The second-order valence-electron chi connectivity index (χ2n) is 4.88. The molecule has 2 heteroatoms. The summed E-state index contributed by atoms with van der Waals surface area (Å²) < 4.78 is 0. The predicted molar refractivity (Wildman–Crippen MR) is 64.3 cm³/mol. The second kappa shape index (κ2) is 4.84. The van der Waals surface area contributed by atoms with Crippen molar-refractivity contribution in [2.45, 2.75) is 38.5 Å². The van der Waals surface area contributed by atoms with Crippen LogP contribution in [-0.4, -0.2) is 30.5 Å². The molecule has 0 amide bonds. The fourth-order valence-electron chi connectivity index (χ4n) is 2.49. The van der Waals surface area contributed by atoms with E-state index in [1.807, 2.05) is 0 Å². The maximum atomic E-state index is 3.45. The number of nitrogens with one attached hydrogen (secondary N) is 1. The number of hydrogen-bond donors (Lipinski definition) is 1. The van der Waals surface area contributed by atoms with Crippen LogP contribution in [0.3, 0.4) is 0 Å². The van der Waals surface area contributed by atoms with Crippen LogP contribution >= 0.6 is 0 Å². The highest BCUT2D eigenvalue weighted by atomic mass is 15.0. The van der Waals surface area contributed by atoms with E-state index >= 15 is 0 Å². The highest BCUT2D eigenvalue weighted by molar-refractivity contribution is 5.32. The lowest BCUT2D eigenvalue weighted by Gasteiger charge is -2.13. The number of hydrogen-bond acceptors (Lipinski definition) is 1. The molecule has 2 rings (SSSR count). The summed E-state index contributed by atoms with van der Waals surface area (Å²) in [6.45, 7) is 1.19. The van der Waals surface area contributed by atoms with Gasteiger partial charge >= 0.3 is 0 Å². The van der Waals surface area contributed by atoms with Gasteiger partial charge in [0.15, 0.2) is 0 Å². The van der Waals surface area contributed by atoms with E-state index in [0.717, 1.165) is 0 Å². The Bertz CT molecular complexity index is 312. The lowest BCUT2D eigenvalue weighted by molar-refractivity contribution is 0.400. The zero-order valence-corrected chi connectivity index (χ0v) is 9.97. The number of aromatic amines is 1. The maximum absolute atomic E-state index is 3.45. The van der Waals surface area contributed by atoms with E-state index in [1.54, 1.807) is 11.1 Å². The molecule has 0 radical (unpaired) electrons. The van der Waals surface area contributed by atoms with Crippen LogP contribution in [0.2, 0.25) is 0 Å². The highest BCUT2D eigenvalue weighted by Gasteiger charge is 2.14. The quantitative estimate of drug-likeness (QED) is 0.801. The van der Waals surface area contributed by atoms with E-state index in [-0.39, 0.29) is 0 Å². The molecule has 0 unspecified atom stereocenters. The SMILES string of the molecule is CN(C)CCCc1c[nH]c2c1CCCC2. The third kappa shape index (κ3) is 2.63. The lowest BCUT2D eigenvalue weighted by atomic mass is 9.93. The van der Waals surface area contributed by atoms with Crippen LogP contribution in [0.15, 0.2) is 6.20 Å². The van der Waals surface area contributed by atoms with Gasteiger partial charge in [0, 0.05) is 11.9 Å². The van der Waals surface area contributed by atoms with Crippen molar-refractivity contribution in [3.8, 4) is 0 Å². The van der Waals surface area contributed by atoms with Crippen LogP contribution in [-0.2, 0) is 19.3 Å². The molecule has 15 heavy (non-hydrogen) atoms. The third-order valence-electron chi connectivity index (χ3n) is 3.33. The van der Waals surface area contributed by atoms with E-state index in [4.69, 9.17) is 0 Å². The molecular weight excluding hydrogens is 184 g/mol. The minimum absolute atomic E-state index is 1.19. The first kappa shape index (κ1) is 10.7. The summed E-state index contributed by atoms with van der Waals surface area (Å²) in [5, 5.41) is 0. The molecule has 0 saturated heterocycles. The topological polar surface area (TPSA) is 19.0 Å². The summed E-state index contributed by atoms with van der Waals surface area (Å²) in [6, 6.07) is 0. The van der Waals surface area contributed by atoms with Crippen LogP contribution in [0.4, 0.5) is 0 Å². The normalized spacial score (nSPS) is 15.7. The summed E-state index contributed by atoms with van der Waals surface area (Å²) in [4.78, 5) is 5.71. The Labute approximate surface area is 92.7 Å². The molecule has 1 N–H and O–H groups in total. The monoisotopic (exact) mass is 206 g/mol. The molecule has 1 aromatic heterocycles. The minimum Gasteiger partial charge on any atom is -0.364 e. The van der Waals surface area contributed by atoms with Gasteiger partial charge in [0.1, 0.15) is 0 Å². The summed E-state index contributed by atoms with van der Waals surface area (Å²) in [7, 11) is 4.29. The van der Waals surface area contributed by atoms with E-state index < -0.39 is 0 Å². The number of nitrogens with zero attached hydrogens (tertiary/aromatic N) is 1. The van der Waals surface area contributed by atoms with E-state index in [0.29, 0.717) is 0 Å². The third-order valence-corrected chi connectivity index (χ3v) is 3.33. The molecule has 0 aromatic carbocycles. The molecule has 1 aliphatic rings. The van der Waals surface area contributed by atoms with E-state index in [9.17, 15) is 0 Å². The van der Waals surface area contributed by atoms with Crippen molar-refractivity contribution in [2.24, 2.45) is 0 Å². The summed E-state index contributed by atoms with van der Waals surface area (Å²) >= 11 is 0. The predicted octanol–water partition coefficient (Wildman–Crippen LogP) is 2.39. The fourth-order valence-corrected chi connectivity index (χ4v) is 2.49. The Morgan fingerprint density at radius 3 is 2.87 bits per heavy atom. The van der Waals surface area contributed by atoms with Gasteiger partial charge in [-0.3, -0.25) is 0 Å². The zero-order valence-electron chi connectivity index (χ0n) is 9.97. The van der Waals surface area contributed by atoms with Crippen LogP contribution in [0.5, 0.6) is 0 Å². The van der Waals surface area contributed by atoms with Crippen molar-refractivity contribution < 1.29 is 0 Å². The fraction of sp³-hybridized carbons (Fsp3) is 0.692. The average molecular weight is 206 g/mol. The average Bonchev–Trinajstić information content (AvgIpc) is 2.62. The molecule has 0 atom stereocenters. The smallest absolute Gasteiger partial charge is 0.0182 e. The van der Waals surface area contributed by atoms with Gasteiger partial charge in [0.25, 0.3) is 0 Å². The number of rotatable bonds is 4. The van der Waals surface area contributed by atoms with Gasteiger partial charge in [-0.15, -0.1) is 0 Å². The van der Waals surface area contributed by atoms with E-state index in [2.05, 4.69) is 30.2 Å². The number of aromatic nitrogens is 1. The molecule has 0 aliphatic heterocycles. The molecule has 0 spiro atoms. The lowest BCUT2D eigenvalue weighted by Crippen LogP contribution is -2.13. The standard InChI is InChI=1S/C13H22N2/c1-15(2)9-5-6-11-10-14-13-8-4-3-7-12(11)13/h10,14H,3-9H2,1-2H3. The van der Waals surface area contributed by atoms with Crippen molar-refractivity contribution in [2.75, 3.05) is 20.6 Å². The summed E-state index contributed by atoms with van der Waals surface area (Å²) in [5.41, 5.74) is 4.73. The Kier molecular flexibility index (Phi) is 3.47. The Balaban J connectivity index is 1.94. The highest BCUT2D eigenvalue weighted by Crippen LogP contribution is 2.24. The molecule has 1 heterocycles. The zero-order chi connectivity index (χ0) is 10.7. The van der Waals surface area contributed by atoms with Gasteiger partial charge in [0.2, 0.25) is 0 Å². The first-order valence-electron chi connectivity index (χ1n) is 6.10. The Hall–Kier alpha value is -0.760. The maximum Gasteiger partial charge on any atom is 0.0182 e. The number of fused-ring (bicyclic) bond motifs is 1. The Morgan fingerprint density at radius 1 is 1.27 bits per heavy atom. The van der Waals surface area contributed by atoms with Gasteiger partial charge in [-0.2, -0.15) is 0 Å². The molecule has 0 bridgehead atoms. The second-order valence-corrected chi connectivity index (χ2v) is 4.88. The van der Waals surface area contributed by atoms with Crippen LogP contribution < -0.4 is 0 Å². The first-order valence-corrected chi connectivity index (χ1v) is 6.10. The van der Waals surface area contributed by atoms with Gasteiger partial charge in [0.05, 0.1) is 0 Å². The largest absolute Gasteiger partial charge is 0.364 e. The molecule has 2 nitrogen and oxygen atoms in total. The van der Waals surface area contributed by atoms with E-state index in [1.165, 1.54) is 50.8 Å². The summed E-state index contributed by atoms with van der Waals surface area (Å²) in [6.07, 6.45) is 10.1. The minimum atomic E-state index is 1.19. The van der Waals surface area contributed by atoms with Crippen LogP contribution in [0, 0.1) is 0 Å². The van der Waals surface area contributed by atoms with Gasteiger partial charge in [-0.1, -0.05) is 0 Å². The van der Waals surface area contributed by atoms with Gasteiger partial charge in [-0.25, -0.2) is 0 Å². The number of aryl methyl sites for hydroxylation is 2. The molecule has 0 fully saturated rings. The molecule has 1 aromatic rings. The van der Waals surface area contributed by atoms with Crippen molar-refractivity contribution in [1.82, 2.24) is 9.88 Å². The molecule has 0 saturated carbocycles. The molecule has 1 aliphatic carbocycles. The van der Waals surface area contributed by atoms with Crippen molar-refractivity contribution >= 4 is 0 Å². The summed E-state index contributed by atoms with van der Waals surface area (Å²) in [5.74, 6) is 0. The van der Waals surface area contributed by atoms with Gasteiger partial charge in [-0.05, 0) is 70.3 Å². The van der Waals surface area contributed by atoms with Crippen molar-refractivity contribution in [3.63, 3.8) is 0 Å². The number of H-pyrrole nitrogens is 1. The van der Waals surface area contributed by atoms with Gasteiger partial charge < -0.3 is 9.88 Å². The first-order chi connectivity index (χ1) is 7.27.